The fraction of sp³-hybridized carbons (Fsp3) is 0.421. The first-order valence-electron chi connectivity index (χ1n) is 9.01. The van der Waals surface area contributed by atoms with E-state index in [0.29, 0.717) is 53.8 Å². The van der Waals surface area contributed by atoms with Crippen LogP contribution < -0.4 is 11.1 Å². The number of amides is 2. The molecule has 8 heteroatoms. The lowest BCUT2D eigenvalue weighted by molar-refractivity contribution is -0.126. The molecule has 1 fully saturated rings. The number of rotatable bonds is 5. The van der Waals surface area contributed by atoms with Crippen LogP contribution in [0.4, 0.5) is 0 Å². The van der Waals surface area contributed by atoms with Gasteiger partial charge in [0.2, 0.25) is 5.91 Å². The Morgan fingerprint density at radius 1 is 1.41 bits per heavy atom. The monoisotopic (exact) mass is 390 g/mol. The summed E-state index contributed by atoms with van der Waals surface area (Å²) >= 11 is 6.27. The third kappa shape index (κ3) is 4.14. The Morgan fingerprint density at radius 3 is 2.93 bits per heavy atom. The maximum absolute atomic E-state index is 13.2. The first kappa shape index (κ1) is 19.4. The van der Waals surface area contributed by atoms with Crippen molar-refractivity contribution in [3.63, 3.8) is 0 Å². The predicted molar refractivity (Wildman–Crippen MR) is 102 cm³/mol. The summed E-state index contributed by atoms with van der Waals surface area (Å²) in [7, 11) is 0. The van der Waals surface area contributed by atoms with Gasteiger partial charge >= 0.3 is 0 Å². The van der Waals surface area contributed by atoms with Crippen LogP contribution in [0, 0.1) is 12.8 Å². The third-order valence-electron chi connectivity index (χ3n) is 4.73. The van der Waals surface area contributed by atoms with E-state index >= 15 is 0 Å². The van der Waals surface area contributed by atoms with Crippen molar-refractivity contribution in [3.8, 4) is 11.3 Å². The molecule has 1 unspecified atom stereocenters. The summed E-state index contributed by atoms with van der Waals surface area (Å²) in [5.74, 6) is -0.0610. The van der Waals surface area contributed by atoms with Crippen LogP contribution in [0.5, 0.6) is 0 Å². The zero-order chi connectivity index (χ0) is 19.4. The maximum Gasteiger partial charge on any atom is 0.259 e. The van der Waals surface area contributed by atoms with Crippen molar-refractivity contribution in [3.05, 3.63) is 40.6 Å². The third-order valence-corrected chi connectivity index (χ3v) is 5.06. The number of aryl methyl sites for hydroxylation is 1. The van der Waals surface area contributed by atoms with Gasteiger partial charge in [0.1, 0.15) is 17.0 Å². The van der Waals surface area contributed by atoms with Gasteiger partial charge in [-0.3, -0.25) is 9.59 Å². The molecule has 0 spiro atoms. The van der Waals surface area contributed by atoms with Gasteiger partial charge in [0.25, 0.3) is 5.91 Å². The number of piperidine rings is 1. The van der Waals surface area contributed by atoms with E-state index in [-0.39, 0.29) is 17.7 Å². The topological polar surface area (TPSA) is 101 Å². The molecule has 0 saturated carbocycles. The van der Waals surface area contributed by atoms with E-state index in [2.05, 4.69) is 10.5 Å². The van der Waals surface area contributed by atoms with E-state index in [9.17, 15) is 9.59 Å². The molecule has 0 aliphatic carbocycles. The van der Waals surface area contributed by atoms with Gasteiger partial charge in [0.05, 0.1) is 10.9 Å². The molecule has 0 radical (unpaired) electrons. The number of carbonyl (C=O) groups excluding carboxylic acids is 2. The molecule has 2 heterocycles. The number of nitrogens with zero attached hydrogens (tertiary/aromatic N) is 2. The molecule has 3 N–H and O–H groups in total. The highest BCUT2D eigenvalue weighted by atomic mass is 35.5. The van der Waals surface area contributed by atoms with Gasteiger partial charge < -0.3 is 20.5 Å². The minimum atomic E-state index is -0.238. The molecule has 27 heavy (non-hydrogen) atoms. The summed E-state index contributed by atoms with van der Waals surface area (Å²) in [6, 6.07) is 7.19. The van der Waals surface area contributed by atoms with Crippen LogP contribution in [0.3, 0.4) is 0 Å². The smallest absolute Gasteiger partial charge is 0.259 e. The van der Waals surface area contributed by atoms with Crippen LogP contribution in [0.1, 0.15) is 29.0 Å². The molecule has 7 nitrogen and oxygen atoms in total. The zero-order valence-electron chi connectivity index (χ0n) is 15.2. The second-order valence-electron chi connectivity index (χ2n) is 6.61. The molecule has 3 rings (SSSR count). The van der Waals surface area contributed by atoms with Crippen LogP contribution in [0.15, 0.2) is 28.8 Å². The molecule has 1 aromatic carbocycles. The molecular formula is C19H23ClN4O3. The molecule has 1 aliphatic rings. The van der Waals surface area contributed by atoms with E-state index in [1.807, 2.05) is 12.1 Å². The van der Waals surface area contributed by atoms with Crippen LogP contribution >= 0.6 is 11.6 Å². The SMILES string of the molecule is Cc1onc(-c2ccccc2Cl)c1C(=O)N1CCCC(C(=O)NCCN)C1. The van der Waals surface area contributed by atoms with E-state index in [0.717, 1.165) is 12.8 Å². The fourth-order valence-corrected chi connectivity index (χ4v) is 3.56. The Bertz CT molecular complexity index is 836. The standard InChI is InChI=1S/C19H23ClN4O3/c1-12-16(17(23-27-12)14-6-2-3-7-15(14)20)19(26)24-10-4-5-13(11-24)18(25)22-9-8-21/h2-3,6-7,13H,4-5,8-11,21H2,1H3,(H,22,25). The lowest BCUT2D eigenvalue weighted by atomic mass is 9.96. The number of nitrogens with one attached hydrogen (secondary N) is 1. The molecule has 2 aromatic rings. The number of carbonyl (C=O) groups is 2. The molecule has 0 bridgehead atoms. The quantitative estimate of drug-likeness (QED) is 0.815. The zero-order valence-corrected chi connectivity index (χ0v) is 16.0. The number of hydrogen-bond acceptors (Lipinski definition) is 5. The van der Waals surface area contributed by atoms with Crippen LogP contribution in [-0.4, -0.2) is 48.0 Å². The van der Waals surface area contributed by atoms with Crippen LogP contribution in [-0.2, 0) is 4.79 Å². The number of nitrogens with two attached hydrogens (primary N) is 1. The highest BCUT2D eigenvalue weighted by Gasteiger charge is 2.32. The largest absolute Gasteiger partial charge is 0.360 e. The number of aromatic nitrogens is 1. The molecule has 1 atom stereocenters. The maximum atomic E-state index is 13.2. The summed E-state index contributed by atoms with van der Waals surface area (Å²) in [6.45, 7) is 3.48. The number of likely N-dealkylation sites (tertiary alicyclic amines) is 1. The highest BCUT2D eigenvalue weighted by Crippen LogP contribution is 2.32. The average molecular weight is 391 g/mol. The Labute approximate surface area is 162 Å². The van der Waals surface area contributed by atoms with Crippen molar-refractivity contribution in [2.24, 2.45) is 11.7 Å². The first-order valence-corrected chi connectivity index (χ1v) is 9.39. The fourth-order valence-electron chi connectivity index (χ4n) is 3.33. The normalized spacial score (nSPS) is 17.0. The Hall–Kier alpha value is -2.38. The predicted octanol–water partition coefficient (Wildman–Crippen LogP) is 2.23. The summed E-state index contributed by atoms with van der Waals surface area (Å²) in [5, 5.41) is 7.36. The van der Waals surface area contributed by atoms with E-state index in [1.165, 1.54) is 0 Å². The van der Waals surface area contributed by atoms with Crippen molar-refractivity contribution >= 4 is 23.4 Å². The van der Waals surface area contributed by atoms with E-state index in [1.54, 1.807) is 24.0 Å². The number of halogens is 1. The summed E-state index contributed by atoms with van der Waals surface area (Å²) < 4.78 is 5.30. The molecular weight excluding hydrogens is 368 g/mol. The molecule has 1 saturated heterocycles. The Balaban J connectivity index is 1.83. The van der Waals surface area contributed by atoms with E-state index < -0.39 is 0 Å². The molecule has 2 amide bonds. The summed E-state index contributed by atoms with van der Waals surface area (Å²) in [6.07, 6.45) is 1.51. The van der Waals surface area contributed by atoms with Crippen molar-refractivity contribution < 1.29 is 14.1 Å². The summed E-state index contributed by atoms with van der Waals surface area (Å²) in [5.41, 5.74) is 6.91. The number of hydrogen-bond donors (Lipinski definition) is 2. The van der Waals surface area contributed by atoms with Gasteiger partial charge in [0, 0.05) is 31.7 Å². The first-order chi connectivity index (χ1) is 13.0. The highest BCUT2D eigenvalue weighted by molar-refractivity contribution is 6.33. The molecule has 144 valence electrons. The Morgan fingerprint density at radius 2 is 2.19 bits per heavy atom. The van der Waals surface area contributed by atoms with Crippen LogP contribution in [0.25, 0.3) is 11.3 Å². The summed E-state index contributed by atoms with van der Waals surface area (Å²) in [4.78, 5) is 27.1. The van der Waals surface area contributed by atoms with Crippen molar-refractivity contribution in [1.82, 2.24) is 15.4 Å². The molecule has 1 aliphatic heterocycles. The Kier molecular flexibility index (Phi) is 6.13. The van der Waals surface area contributed by atoms with Gasteiger partial charge in [-0.25, -0.2) is 0 Å². The van der Waals surface area contributed by atoms with Crippen molar-refractivity contribution in [1.29, 1.82) is 0 Å². The second-order valence-corrected chi connectivity index (χ2v) is 7.02. The average Bonchev–Trinajstić information content (AvgIpc) is 3.07. The van der Waals surface area contributed by atoms with Gasteiger partial charge in [-0.05, 0) is 25.8 Å². The van der Waals surface area contributed by atoms with Gasteiger partial charge in [-0.2, -0.15) is 0 Å². The van der Waals surface area contributed by atoms with Crippen molar-refractivity contribution in [2.75, 3.05) is 26.2 Å². The minimum absolute atomic E-state index is 0.0636. The molecule has 1 aromatic heterocycles. The second kappa shape index (κ2) is 8.54. The minimum Gasteiger partial charge on any atom is -0.360 e. The van der Waals surface area contributed by atoms with Gasteiger partial charge in [-0.15, -0.1) is 0 Å². The van der Waals surface area contributed by atoms with E-state index in [4.69, 9.17) is 21.9 Å². The number of benzene rings is 1. The van der Waals surface area contributed by atoms with Gasteiger partial charge in [0.15, 0.2) is 0 Å². The van der Waals surface area contributed by atoms with Crippen molar-refractivity contribution in [2.45, 2.75) is 19.8 Å². The van der Waals surface area contributed by atoms with Crippen LogP contribution in [0.2, 0.25) is 5.02 Å². The lowest BCUT2D eigenvalue weighted by Gasteiger charge is -2.32. The lowest BCUT2D eigenvalue weighted by Crippen LogP contribution is -2.46. The van der Waals surface area contributed by atoms with Gasteiger partial charge in [-0.1, -0.05) is 35.0 Å².